The van der Waals surface area contributed by atoms with E-state index in [2.05, 4.69) is 0 Å². The fourth-order valence-electron chi connectivity index (χ4n) is 1.06. The number of carbonyl (C=O) groups excluding carboxylic acids is 1. The first-order valence-corrected chi connectivity index (χ1v) is 5.66. The van der Waals surface area contributed by atoms with E-state index >= 15 is 0 Å². The van der Waals surface area contributed by atoms with Gasteiger partial charge >= 0.3 is 5.97 Å². The highest BCUT2D eigenvalue weighted by atomic mass is 32.2. The summed E-state index contributed by atoms with van der Waals surface area (Å²) < 4.78 is 23.9. The largest absolute Gasteiger partial charge is 0.477 e. The van der Waals surface area contributed by atoms with Crippen LogP contribution in [0.4, 0.5) is 0 Å². The van der Waals surface area contributed by atoms with Crippen LogP contribution in [0, 0.1) is 0 Å². The molecule has 0 bridgehead atoms. The van der Waals surface area contributed by atoms with Crippen LogP contribution in [0.5, 0.6) is 0 Å². The van der Waals surface area contributed by atoms with Gasteiger partial charge in [0.15, 0.2) is 4.21 Å². The molecule has 0 spiro atoms. The lowest BCUT2D eigenvalue weighted by molar-refractivity contribution is 0.0702. The molecule has 1 aliphatic heterocycles. The lowest BCUT2D eigenvalue weighted by atomic mass is 10.3. The molecule has 0 aromatic carbocycles. The number of thiophene rings is 1. The first kappa shape index (κ1) is 9.16. The van der Waals surface area contributed by atoms with E-state index in [0.717, 1.165) is 6.07 Å². The Bertz CT molecular complexity index is 541. The number of carbonyl (C=O) groups is 2. The van der Waals surface area contributed by atoms with Crippen LogP contribution in [0.3, 0.4) is 0 Å². The fourth-order valence-corrected chi connectivity index (χ4v) is 3.51. The molecule has 2 heterocycles. The van der Waals surface area contributed by atoms with Gasteiger partial charge in [0, 0.05) is 0 Å². The third-order valence-electron chi connectivity index (χ3n) is 1.62. The molecular formula is C6H3NO5S2. The van der Waals surface area contributed by atoms with E-state index in [1.54, 1.807) is 4.72 Å². The van der Waals surface area contributed by atoms with E-state index in [1.165, 1.54) is 0 Å². The second kappa shape index (κ2) is 2.55. The first-order chi connectivity index (χ1) is 6.42. The molecule has 6 nitrogen and oxygen atoms in total. The smallest absolute Gasteiger partial charge is 0.345 e. The molecule has 0 radical (unpaired) electrons. The van der Waals surface area contributed by atoms with Gasteiger partial charge < -0.3 is 5.11 Å². The predicted molar refractivity (Wildman–Crippen MR) is 45.9 cm³/mol. The predicted octanol–water partition coefficient (Wildman–Crippen LogP) is -0.122. The minimum atomic E-state index is -3.81. The number of sulfonamides is 1. The molecular weight excluding hydrogens is 230 g/mol. The second-order valence-corrected chi connectivity index (χ2v) is 5.48. The van der Waals surface area contributed by atoms with Gasteiger partial charge in [-0.05, 0) is 6.07 Å². The number of carboxylic acids is 1. The van der Waals surface area contributed by atoms with Crippen LogP contribution < -0.4 is 4.72 Å². The molecule has 1 aliphatic rings. The van der Waals surface area contributed by atoms with Crippen molar-refractivity contribution in [3.05, 3.63) is 16.5 Å². The summed E-state index contributed by atoms with van der Waals surface area (Å²) >= 11 is 0.570. The van der Waals surface area contributed by atoms with Gasteiger partial charge in [0.25, 0.3) is 15.9 Å². The van der Waals surface area contributed by atoms with Crippen LogP contribution in [-0.2, 0) is 10.0 Å². The average Bonchev–Trinajstić information content (AvgIpc) is 2.53. The number of nitrogens with one attached hydrogen (secondary N) is 1. The van der Waals surface area contributed by atoms with Gasteiger partial charge in [-0.1, -0.05) is 0 Å². The summed E-state index contributed by atoms with van der Waals surface area (Å²) in [5.41, 5.74) is -0.0904. The van der Waals surface area contributed by atoms with E-state index < -0.39 is 21.9 Å². The molecule has 74 valence electrons. The van der Waals surface area contributed by atoms with Crippen molar-refractivity contribution in [3.63, 3.8) is 0 Å². The Balaban J connectivity index is 2.70. The Labute approximate surface area is 82.2 Å². The maximum absolute atomic E-state index is 11.2. The Morgan fingerprint density at radius 3 is 2.64 bits per heavy atom. The lowest BCUT2D eigenvalue weighted by Gasteiger charge is -1.91. The molecule has 1 amide bonds. The molecule has 0 unspecified atom stereocenters. The van der Waals surface area contributed by atoms with E-state index in [4.69, 9.17) is 5.11 Å². The van der Waals surface area contributed by atoms with Crippen molar-refractivity contribution in [1.29, 1.82) is 0 Å². The summed E-state index contributed by atoms with van der Waals surface area (Å²) in [6.07, 6.45) is 0. The van der Waals surface area contributed by atoms with Crippen LogP contribution in [0.15, 0.2) is 10.3 Å². The summed E-state index contributed by atoms with van der Waals surface area (Å²) in [5.74, 6) is -2.02. The van der Waals surface area contributed by atoms with Crippen molar-refractivity contribution in [1.82, 2.24) is 4.72 Å². The van der Waals surface area contributed by atoms with Gasteiger partial charge in [-0.2, -0.15) is 0 Å². The highest BCUT2D eigenvalue weighted by molar-refractivity contribution is 7.92. The average molecular weight is 233 g/mol. The van der Waals surface area contributed by atoms with Crippen molar-refractivity contribution in [3.8, 4) is 0 Å². The number of carboxylic acid groups (broad SMARTS) is 1. The monoisotopic (exact) mass is 233 g/mol. The van der Waals surface area contributed by atoms with Crippen LogP contribution in [-0.4, -0.2) is 25.4 Å². The molecule has 2 rings (SSSR count). The van der Waals surface area contributed by atoms with Crippen molar-refractivity contribution >= 4 is 33.2 Å². The third-order valence-corrected chi connectivity index (χ3v) is 4.61. The van der Waals surface area contributed by atoms with Crippen molar-refractivity contribution in [2.75, 3.05) is 0 Å². The van der Waals surface area contributed by atoms with Crippen LogP contribution >= 0.6 is 11.3 Å². The molecule has 0 fully saturated rings. The molecule has 14 heavy (non-hydrogen) atoms. The van der Waals surface area contributed by atoms with E-state index in [0.29, 0.717) is 11.3 Å². The standard InChI is InChI=1S/C6H3NO5S2/c8-4-2-1-3(5(9)10)13-6(2)14(11,12)7-4/h1H,(H,7,8)(H,9,10). The zero-order valence-electron chi connectivity index (χ0n) is 6.47. The molecule has 8 heteroatoms. The van der Waals surface area contributed by atoms with E-state index in [9.17, 15) is 18.0 Å². The third kappa shape index (κ3) is 1.11. The van der Waals surface area contributed by atoms with Crippen molar-refractivity contribution in [2.24, 2.45) is 0 Å². The molecule has 0 aliphatic carbocycles. The molecule has 1 aromatic heterocycles. The summed E-state index contributed by atoms with van der Waals surface area (Å²) in [7, 11) is -3.81. The Morgan fingerprint density at radius 1 is 1.50 bits per heavy atom. The zero-order valence-corrected chi connectivity index (χ0v) is 8.11. The molecule has 1 aromatic rings. The van der Waals surface area contributed by atoms with E-state index in [-0.39, 0.29) is 14.6 Å². The topological polar surface area (TPSA) is 101 Å². The Kier molecular flexibility index (Phi) is 1.67. The minimum absolute atomic E-state index is 0.0904. The van der Waals surface area contributed by atoms with Crippen LogP contribution in [0.2, 0.25) is 0 Å². The van der Waals surface area contributed by atoms with Crippen molar-refractivity contribution < 1.29 is 23.1 Å². The first-order valence-electron chi connectivity index (χ1n) is 3.36. The fraction of sp³-hybridized carbons (Fsp3) is 0. The highest BCUT2D eigenvalue weighted by Gasteiger charge is 2.36. The maximum Gasteiger partial charge on any atom is 0.345 e. The number of aromatic carboxylic acids is 1. The summed E-state index contributed by atoms with van der Waals surface area (Å²) in [5, 5.41) is 8.58. The molecule has 0 atom stereocenters. The van der Waals surface area contributed by atoms with Crippen LogP contribution in [0.1, 0.15) is 20.0 Å². The minimum Gasteiger partial charge on any atom is -0.477 e. The number of fused-ring (bicyclic) bond motifs is 1. The summed E-state index contributed by atoms with van der Waals surface area (Å²) in [4.78, 5) is 21.4. The summed E-state index contributed by atoms with van der Waals surface area (Å²) in [6.45, 7) is 0. The maximum atomic E-state index is 11.2. The SMILES string of the molecule is O=C(O)c1cc2c(s1)S(=O)(=O)NC2=O. The number of hydrogen-bond acceptors (Lipinski definition) is 5. The Hall–Kier alpha value is -1.41. The number of hydrogen-bond donors (Lipinski definition) is 2. The number of amides is 1. The van der Waals surface area contributed by atoms with Crippen molar-refractivity contribution in [2.45, 2.75) is 4.21 Å². The lowest BCUT2D eigenvalue weighted by Crippen LogP contribution is -2.21. The van der Waals surface area contributed by atoms with Crippen LogP contribution in [0.25, 0.3) is 0 Å². The zero-order chi connectivity index (χ0) is 10.5. The Morgan fingerprint density at radius 2 is 2.14 bits per heavy atom. The molecule has 0 saturated carbocycles. The quantitative estimate of drug-likeness (QED) is 0.704. The molecule has 0 saturated heterocycles. The highest BCUT2D eigenvalue weighted by Crippen LogP contribution is 2.31. The normalized spacial score (nSPS) is 17.6. The second-order valence-electron chi connectivity index (χ2n) is 2.55. The van der Waals surface area contributed by atoms with Gasteiger partial charge in [-0.3, -0.25) is 4.79 Å². The van der Waals surface area contributed by atoms with E-state index in [1.807, 2.05) is 0 Å². The number of rotatable bonds is 1. The molecule has 2 N–H and O–H groups in total. The van der Waals surface area contributed by atoms with Gasteiger partial charge in [-0.15, -0.1) is 11.3 Å². The van der Waals surface area contributed by atoms with Gasteiger partial charge in [0.05, 0.1) is 5.56 Å². The van der Waals surface area contributed by atoms with Gasteiger partial charge in [-0.25, -0.2) is 17.9 Å². The van der Waals surface area contributed by atoms with Gasteiger partial charge in [0.2, 0.25) is 0 Å². The summed E-state index contributed by atoms with van der Waals surface area (Å²) in [6, 6.07) is 1.06. The van der Waals surface area contributed by atoms with Gasteiger partial charge in [0.1, 0.15) is 4.88 Å².